The third-order valence-electron chi connectivity index (χ3n) is 3.32. The van der Waals surface area contributed by atoms with Crippen molar-refractivity contribution in [3.8, 4) is 0 Å². The highest BCUT2D eigenvalue weighted by Crippen LogP contribution is 2.05. The van der Waals surface area contributed by atoms with Crippen LogP contribution in [0.1, 0.15) is 18.2 Å². The van der Waals surface area contributed by atoms with E-state index in [1.165, 1.54) is 5.69 Å². The molecule has 0 bridgehead atoms. The first kappa shape index (κ1) is 15.2. The summed E-state index contributed by atoms with van der Waals surface area (Å²) in [5, 5.41) is 7.50. The number of rotatable bonds is 5. The van der Waals surface area contributed by atoms with Crippen LogP contribution in [-0.4, -0.2) is 38.8 Å². The lowest BCUT2D eigenvalue weighted by molar-refractivity contribution is 0.462. The molecule has 0 aliphatic rings. The number of aromatic nitrogens is 3. The Morgan fingerprint density at radius 1 is 1.43 bits per heavy atom. The van der Waals surface area contributed by atoms with Gasteiger partial charge in [0.2, 0.25) is 0 Å². The van der Waals surface area contributed by atoms with Crippen molar-refractivity contribution in [1.29, 1.82) is 0 Å². The van der Waals surface area contributed by atoms with E-state index in [1.54, 1.807) is 4.68 Å². The van der Waals surface area contributed by atoms with E-state index >= 15 is 0 Å². The number of guanidine groups is 1. The monoisotopic (exact) mass is 288 g/mol. The molecule has 0 atom stereocenters. The lowest BCUT2D eigenvalue weighted by atomic mass is 10.3. The van der Waals surface area contributed by atoms with Crippen LogP contribution in [0.4, 0.5) is 0 Å². The average molecular weight is 288 g/mol. The van der Waals surface area contributed by atoms with Gasteiger partial charge >= 0.3 is 0 Å². The third kappa shape index (κ3) is 4.11. The molecule has 114 valence electrons. The number of hydrogen-bond acceptors (Lipinski definition) is 2. The highest BCUT2D eigenvalue weighted by molar-refractivity contribution is 5.79. The first-order chi connectivity index (χ1) is 10.1. The molecule has 0 radical (unpaired) electrons. The number of nitrogens with zero attached hydrogens (tertiary/aromatic N) is 5. The van der Waals surface area contributed by atoms with Crippen LogP contribution in [0.25, 0.3) is 0 Å². The fourth-order valence-electron chi connectivity index (χ4n) is 2.17. The molecule has 21 heavy (non-hydrogen) atoms. The number of nitrogens with one attached hydrogen (secondary N) is 1. The Morgan fingerprint density at radius 2 is 2.24 bits per heavy atom. The molecule has 0 fully saturated rings. The van der Waals surface area contributed by atoms with Gasteiger partial charge in [0.25, 0.3) is 0 Å². The van der Waals surface area contributed by atoms with E-state index in [9.17, 15) is 0 Å². The third-order valence-corrected chi connectivity index (χ3v) is 3.32. The molecule has 0 unspecified atom stereocenters. The second-order valence-corrected chi connectivity index (χ2v) is 5.16. The molecule has 0 saturated heterocycles. The van der Waals surface area contributed by atoms with Crippen molar-refractivity contribution in [2.24, 2.45) is 19.1 Å². The van der Waals surface area contributed by atoms with Gasteiger partial charge in [0.1, 0.15) is 0 Å². The largest absolute Gasteiger partial charge is 0.357 e. The van der Waals surface area contributed by atoms with Gasteiger partial charge in [-0.3, -0.25) is 4.68 Å². The predicted octanol–water partition coefficient (Wildman–Crippen LogP) is 1.36. The molecule has 0 saturated carbocycles. The number of hydrogen-bond donors (Lipinski definition) is 1. The highest BCUT2D eigenvalue weighted by Gasteiger charge is 2.08. The van der Waals surface area contributed by atoms with Crippen molar-refractivity contribution < 1.29 is 0 Å². The summed E-state index contributed by atoms with van der Waals surface area (Å²) in [6, 6.07) is 4.18. The average Bonchev–Trinajstić information content (AvgIpc) is 3.04. The second-order valence-electron chi connectivity index (χ2n) is 5.16. The molecule has 2 aromatic heterocycles. The summed E-state index contributed by atoms with van der Waals surface area (Å²) in [5.74, 6) is 0.905. The zero-order chi connectivity index (χ0) is 15.2. The zero-order valence-corrected chi connectivity index (χ0v) is 13.2. The van der Waals surface area contributed by atoms with Crippen molar-refractivity contribution in [3.05, 3.63) is 42.0 Å². The van der Waals surface area contributed by atoms with Gasteiger partial charge in [-0.15, -0.1) is 0 Å². The molecular weight excluding hydrogens is 264 g/mol. The van der Waals surface area contributed by atoms with Gasteiger partial charge in [0, 0.05) is 51.3 Å². The molecule has 2 rings (SSSR count). The molecule has 6 heteroatoms. The van der Waals surface area contributed by atoms with Gasteiger partial charge < -0.3 is 14.8 Å². The summed E-state index contributed by atoms with van der Waals surface area (Å²) < 4.78 is 3.92. The summed E-state index contributed by atoms with van der Waals surface area (Å²) in [6.45, 7) is 4.38. The van der Waals surface area contributed by atoms with E-state index in [-0.39, 0.29) is 0 Å². The minimum Gasteiger partial charge on any atom is -0.357 e. The van der Waals surface area contributed by atoms with Crippen LogP contribution in [0, 0.1) is 0 Å². The van der Waals surface area contributed by atoms with Crippen molar-refractivity contribution >= 4 is 5.96 Å². The molecule has 0 aromatic carbocycles. The van der Waals surface area contributed by atoms with Gasteiger partial charge in [-0.05, 0) is 19.1 Å². The summed E-state index contributed by atoms with van der Waals surface area (Å²) in [6.07, 6.45) is 5.90. The normalized spacial score (nSPS) is 11.7. The Kier molecular flexibility index (Phi) is 5.03. The van der Waals surface area contributed by atoms with Gasteiger partial charge in [-0.1, -0.05) is 0 Å². The maximum absolute atomic E-state index is 4.68. The molecule has 1 N–H and O–H groups in total. The first-order valence-electron chi connectivity index (χ1n) is 7.17. The Morgan fingerprint density at radius 3 is 2.81 bits per heavy atom. The Labute approximate surface area is 126 Å². The van der Waals surface area contributed by atoms with E-state index in [1.807, 2.05) is 19.4 Å². The van der Waals surface area contributed by atoms with Crippen LogP contribution >= 0.6 is 0 Å². The highest BCUT2D eigenvalue weighted by atomic mass is 15.3. The summed E-state index contributed by atoms with van der Waals surface area (Å²) in [7, 11) is 6.03. The lowest BCUT2D eigenvalue weighted by Crippen LogP contribution is -2.38. The van der Waals surface area contributed by atoms with Crippen molar-refractivity contribution in [2.75, 3.05) is 13.6 Å². The van der Waals surface area contributed by atoms with Crippen LogP contribution in [0.2, 0.25) is 0 Å². The van der Waals surface area contributed by atoms with Gasteiger partial charge in [0.15, 0.2) is 5.96 Å². The predicted molar refractivity (Wildman–Crippen MR) is 84.9 cm³/mol. The molecule has 2 heterocycles. The molecule has 0 aliphatic carbocycles. The van der Waals surface area contributed by atoms with E-state index in [2.05, 4.69) is 64.2 Å². The molecular formula is C15H24N6. The Balaban J connectivity index is 2.04. The van der Waals surface area contributed by atoms with Crippen molar-refractivity contribution in [3.63, 3.8) is 0 Å². The Hall–Kier alpha value is -2.24. The fraction of sp³-hybridized carbons (Fsp3) is 0.467. The van der Waals surface area contributed by atoms with E-state index < -0.39 is 0 Å². The lowest BCUT2D eigenvalue weighted by Gasteiger charge is -2.22. The maximum Gasteiger partial charge on any atom is 0.194 e. The summed E-state index contributed by atoms with van der Waals surface area (Å²) in [4.78, 5) is 6.81. The van der Waals surface area contributed by atoms with Gasteiger partial charge in [-0.2, -0.15) is 5.10 Å². The molecule has 0 aliphatic heterocycles. The minimum absolute atomic E-state index is 0.633. The smallest absolute Gasteiger partial charge is 0.194 e. The molecule has 6 nitrogen and oxygen atoms in total. The van der Waals surface area contributed by atoms with Crippen molar-refractivity contribution in [1.82, 2.24) is 24.6 Å². The number of aryl methyl sites for hydroxylation is 2. The van der Waals surface area contributed by atoms with Crippen LogP contribution in [0.3, 0.4) is 0 Å². The topological polar surface area (TPSA) is 50.4 Å². The van der Waals surface area contributed by atoms with Gasteiger partial charge in [-0.25, -0.2) is 4.99 Å². The van der Waals surface area contributed by atoms with Crippen LogP contribution in [0.5, 0.6) is 0 Å². The second kappa shape index (κ2) is 6.97. The van der Waals surface area contributed by atoms with Crippen LogP contribution in [-0.2, 0) is 27.2 Å². The fourth-order valence-corrected chi connectivity index (χ4v) is 2.17. The van der Waals surface area contributed by atoms with Crippen molar-refractivity contribution in [2.45, 2.75) is 20.0 Å². The Bertz CT molecular complexity index is 595. The van der Waals surface area contributed by atoms with E-state index in [0.717, 1.165) is 24.6 Å². The quantitative estimate of drug-likeness (QED) is 0.667. The maximum atomic E-state index is 4.68. The SMILES string of the molecule is CCNC(=NCc1cnn(C)c1)N(C)Cc1cccn1C. The van der Waals surface area contributed by atoms with Crippen LogP contribution < -0.4 is 5.32 Å². The standard InChI is InChI=1S/C15H24N6/c1-5-16-15(17-9-13-10-18-21(4)11-13)20(3)12-14-7-6-8-19(14)2/h6-8,10-11H,5,9,12H2,1-4H3,(H,16,17). The van der Waals surface area contributed by atoms with E-state index in [0.29, 0.717) is 6.54 Å². The number of aliphatic imine (C=N–C) groups is 1. The summed E-state index contributed by atoms with van der Waals surface area (Å²) in [5.41, 5.74) is 2.37. The minimum atomic E-state index is 0.633. The molecule has 2 aromatic rings. The van der Waals surface area contributed by atoms with E-state index in [4.69, 9.17) is 0 Å². The van der Waals surface area contributed by atoms with Crippen LogP contribution in [0.15, 0.2) is 35.7 Å². The molecule has 0 amide bonds. The molecule has 0 spiro atoms. The zero-order valence-electron chi connectivity index (χ0n) is 13.2. The summed E-state index contributed by atoms with van der Waals surface area (Å²) >= 11 is 0. The van der Waals surface area contributed by atoms with Gasteiger partial charge in [0.05, 0.1) is 19.3 Å². The first-order valence-corrected chi connectivity index (χ1v) is 7.17.